The summed E-state index contributed by atoms with van der Waals surface area (Å²) in [6.07, 6.45) is 5.33. The van der Waals surface area contributed by atoms with Crippen LogP contribution in [0.15, 0.2) is 69.9 Å². The van der Waals surface area contributed by atoms with E-state index in [2.05, 4.69) is 10.1 Å². The second kappa shape index (κ2) is 10.6. The molecule has 5 rings (SSSR count). The van der Waals surface area contributed by atoms with E-state index in [1.807, 2.05) is 43.3 Å². The van der Waals surface area contributed by atoms with Crippen LogP contribution >= 0.6 is 11.3 Å². The van der Waals surface area contributed by atoms with Crippen LogP contribution in [-0.4, -0.2) is 33.8 Å². The zero-order valence-corrected chi connectivity index (χ0v) is 21.0. The van der Waals surface area contributed by atoms with Crippen molar-refractivity contribution in [1.82, 2.24) is 14.6 Å². The SMILES string of the molecule is CCOC(=O)c1ccc(-c2ccc(/C=c3\sc4nc(/C=C/c5ccc(OCC)cc5)nn4c3=O)o2)cc1. The van der Waals surface area contributed by atoms with E-state index < -0.39 is 0 Å². The van der Waals surface area contributed by atoms with Crippen LogP contribution in [0.1, 0.15) is 41.4 Å². The van der Waals surface area contributed by atoms with E-state index in [4.69, 9.17) is 13.9 Å². The molecular formula is C28H23N3O5S. The maximum Gasteiger partial charge on any atom is 0.338 e. The average molecular weight is 514 g/mol. The Kier molecular flexibility index (Phi) is 6.96. The van der Waals surface area contributed by atoms with Gasteiger partial charge in [-0.3, -0.25) is 4.79 Å². The van der Waals surface area contributed by atoms with Gasteiger partial charge in [0.25, 0.3) is 5.56 Å². The summed E-state index contributed by atoms with van der Waals surface area (Å²) in [6, 6.07) is 18.3. The molecule has 37 heavy (non-hydrogen) atoms. The van der Waals surface area contributed by atoms with E-state index in [-0.39, 0.29) is 11.5 Å². The van der Waals surface area contributed by atoms with Crippen LogP contribution in [0.3, 0.4) is 0 Å². The molecule has 2 aromatic carbocycles. The number of hydrogen-bond donors (Lipinski definition) is 0. The first kappa shape index (κ1) is 24.2. The summed E-state index contributed by atoms with van der Waals surface area (Å²) < 4.78 is 18.1. The van der Waals surface area contributed by atoms with Crippen LogP contribution in [0.4, 0.5) is 0 Å². The number of esters is 1. The molecule has 0 aliphatic carbocycles. The zero-order chi connectivity index (χ0) is 25.8. The van der Waals surface area contributed by atoms with Crippen LogP contribution < -0.4 is 14.8 Å². The molecule has 5 aromatic rings. The second-order valence-electron chi connectivity index (χ2n) is 7.92. The minimum absolute atomic E-state index is 0.259. The van der Waals surface area contributed by atoms with Crippen molar-refractivity contribution in [3.63, 3.8) is 0 Å². The van der Waals surface area contributed by atoms with Gasteiger partial charge in [0.1, 0.15) is 21.8 Å². The molecule has 9 heteroatoms. The lowest BCUT2D eigenvalue weighted by Crippen LogP contribution is -2.23. The molecule has 0 radical (unpaired) electrons. The van der Waals surface area contributed by atoms with E-state index in [1.54, 1.807) is 49.4 Å². The lowest BCUT2D eigenvalue weighted by Gasteiger charge is -2.02. The van der Waals surface area contributed by atoms with Crippen molar-refractivity contribution in [3.05, 3.63) is 98.3 Å². The third-order valence-corrected chi connectivity index (χ3v) is 6.35. The Morgan fingerprint density at radius 2 is 1.78 bits per heavy atom. The molecule has 0 atom stereocenters. The molecule has 0 N–H and O–H groups in total. The largest absolute Gasteiger partial charge is 0.494 e. The Bertz CT molecular complexity index is 1680. The van der Waals surface area contributed by atoms with E-state index in [0.717, 1.165) is 16.9 Å². The van der Waals surface area contributed by atoms with Gasteiger partial charge >= 0.3 is 5.97 Å². The molecule has 0 aliphatic heterocycles. The van der Waals surface area contributed by atoms with Gasteiger partial charge < -0.3 is 13.9 Å². The van der Waals surface area contributed by atoms with Crippen LogP contribution in [-0.2, 0) is 4.74 Å². The van der Waals surface area contributed by atoms with Crippen LogP contribution in [0, 0.1) is 0 Å². The van der Waals surface area contributed by atoms with E-state index in [0.29, 0.717) is 45.6 Å². The first-order chi connectivity index (χ1) is 18.0. The van der Waals surface area contributed by atoms with Gasteiger partial charge in [-0.25, -0.2) is 4.79 Å². The van der Waals surface area contributed by atoms with Crippen molar-refractivity contribution in [1.29, 1.82) is 0 Å². The number of aromatic nitrogens is 3. The molecule has 0 bridgehead atoms. The summed E-state index contributed by atoms with van der Waals surface area (Å²) in [5.41, 5.74) is 2.00. The van der Waals surface area contributed by atoms with Gasteiger partial charge in [0.2, 0.25) is 4.96 Å². The Morgan fingerprint density at radius 1 is 1.00 bits per heavy atom. The molecule has 0 saturated carbocycles. The Morgan fingerprint density at radius 3 is 2.49 bits per heavy atom. The summed E-state index contributed by atoms with van der Waals surface area (Å²) in [7, 11) is 0. The zero-order valence-electron chi connectivity index (χ0n) is 20.2. The smallest absolute Gasteiger partial charge is 0.338 e. The molecule has 0 spiro atoms. The predicted molar refractivity (Wildman–Crippen MR) is 143 cm³/mol. The Labute approximate surface area is 216 Å². The molecular weight excluding hydrogens is 490 g/mol. The van der Waals surface area contributed by atoms with Gasteiger partial charge in [-0.15, -0.1) is 5.10 Å². The van der Waals surface area contributed by atoms with Crippen molar-refractivity contribution < 1.29 is 18.7 Å². The maximum atomic E-state index is 12.9. The second-order valence-corrected chi connectivity index (χ2v) is 8.92. The van der Waals surface area contributed by atoms with Crippen molar-refractivity contribution in [3.8, 4) is 17.1 Å². The average Bonchev–Trinajstić information content (AvgIpc) is 3.61. The molecule has 3 aromatic heterocycles. The standard InChI is InChI=1S/C28H23N3O5S/c1-3-34-21-12-5-18(6-13-21)7-16-25-29-28-31(30-25)26(32)24(37-28)17-22-14-15-23(36-22)19-8-10-20(11-9-19)27(33)35-4-2/h5-17H,3-4H2,1-2H3/b16-7+,24-17-. The van der Waals surface area contributed by atoms with Gasteiger partial charge in [-0.1, -0.05) is 41.7 Å². The van der Waals surface area contributed by atoms with Crippen molar-refractivity contribution in [2.45, 2.75) is 13.8 Å². The Balaban J connectivity index is 1.33. The molecule has 8 nitrogen and oxygen atoms in total. The molecule has 0 saturated heterocycles. The lowest BCUT2D eigenvalue weighted by atomic mass is 10.1. The number of hydrogen-bond acceptors (Lipinski definition) is 8. The van der Waals surface area contributed by atoms with Gasteiger partial charge in [-0.2, -0.15) is 9.50 Å². The van der Waals surface area contributed by atoms with Crippen LogP contribution in [0.5, 0.6) is 5.75 Å². The molecule has 3 heterocycles. The number of carbonyl (C=O) groups excluding carboxylic acids is 1. The van der Waals surface area contributed by atoms with Gasteiger partial charge in [0, 0.05) is 11.6 Å². The number of rotatable bonds is 8. The highest BCUT2D eigenvalue weighted by Gasteiger charge is 2.11. The molecule has 0 aliphatic rings. The highest BCUT2D eigenvalue weighted by molar-refractivity contribution is 7.15. The number of nitrogens with zero attached hydrogens (tertiary/aromatic N) is 3. The Hall–Kier alpha value is -4.50. The summed E-state index contributed by atoms with van der Waals surface area (Å²) in [6.45, 7) is 4.65. The van der Waals surface area contributed by atoms with Crippen molar-refractivity contribution in [2.24, 2.45) is 0 Å². The fourth-order valence-corrected chi connectivity index (χ4v) is 4.53. The van der Waals surface area contributed by atoms with E-state index in [9.17, 15) is 9.59 Å². The number of benzene rings is 2. The topological polar surface area (TPSA) is 95.9 Å². The fourth-order valence-electron chi connectivity index (χ4n) is 3.63. The third kappa shape index (κ3) is 5.36. The summed E-state index contributed by atoms with van der Waals surface area (Å²) in [5, 5.41) is 4.33. The van der Waals surface area contributed by atoms with Gasteiger partial charge in [-0.05, 0) is 61.9 Å². The normalized spacial score (nSPS) is 12.0. The fraction of sp³-hybridized carbons (Fsp3) is 0.143. The number of furan rings is 1. The highest BCUT2D eigenvalue weighted by Crippen LogP contribution is 2.23. The van der Waals surface area contributed by atoms with Gasteiger partial charge in [0.15, 0.2) is 5.82 Å². The molecule has 0 unspecified atom stereocenters. The lowest BCUT2D eigenvalue weighted by molar-refractivity contribution is 0.0526. The monoisotopic (exact) mass is 513 g/mol. The van der Waals surface area contributed by atoms with Crippen molar-refractivity contribution >= 4 is 40.5 Å². The first-order valence-corrected chi connectivity index (χ1v) is 12.6. The number of carbonyl (C=O) groups is 1. The third-order valence-electron chi connectivity index (χ3n) is 5.39. The maximum absolute atomic E-state index is 12.9. The highest BCUT2D eigenvalue weighted by atomic mass is 32.1. The predicted octanol–water partition coefficient (Wildman–Crippen LogP) is 4.70. The van der Waals surface area contributed by atoms with E-state index >= 15 is 0 Å². The van der Waals surface area contributed by atoms with Gasteiger partial charge in [0.05, 0.1) is 18.8 Å². The molecule has 186 valence electrons. The summed E-state index contributed by atoms with van der Waals surface area (Å²) in [5.74, 6) is 2.06. The molecule has 0 fully saturated rings. The summed E-state index contributed by atoms with van der Waals surface area (Å²) >= 11 is 1.24. The van der Waals surface area contributed by atoms with Crippen molar-refractivity contribution in [2.75, 3.05) is 13.2 Å². The molecule has 0 amide bonds. The van der Waals surface area contributed by atoms with E-state index in [1.165, 1.54) is 15.9 Å². The number of fused-ring (bicyclic) bond motifs is 1. The summed E-state index contributed by atoms with van der Waals surface area (Å²) in [4.78, 5) is 29.7. The number of thiazole rings is 1. The van der Waals surface area contributed by atoms with Crippen LogP contribution in [0.2, 0.25) is 0 Å². The minimum atomic E-state index is -0.364. The number of ether oxygens (including phenoxy) is 2. The first-order valence-electron chi connectivity index (χ1n) is 11.7. The van der Waals surface area contributed by atoms with Crippen LogP contribution in [0.25, 0.3) is 34.5 Å². The quantitative estimate of drug-likeness (QED) is 0.277. The minimum Gasteiger partial charge on any atom is -0.494 e.